The lowest BCUT2D eigenvalue weighted by molar-refractivity contribution is 0.124. The van der Waals surface area contributed by atoms with E-state index >= 15 is 0 Å². The molecule has 0 amide bonds. The number of rotatable bonds is 24. The molecule has 0 heterocycles. The average molecular weight is 625 g/mol. The van der Waals surface area contributed by atoms with E-state index in [0.717, 1.165) is 24.2 Å². The van der Waals surface area contributed by atoms with E-state index in [2.05, 4.69) is 0 Å². The Hall–Kier alpha value is 0.604. The van der Waals surface area contributed by atoms with Crippen molar-refractivity contribution in [2.45, 2.75) is 48.4 Å². The molecule has 224 valence electrons. The van der Waals surface area contributed by atoms with Gasteiger partial charge in [0.05, 0.1) is 8.07 Å². The van der Waals surface area contributed by atoms with Crippen molar-refractivity contribution in [3.8, 4) is 0 Å². The van der Waals surface area contributed by atoms with Crippen molar-refractivity contribution < 1.29 is 53.1 Å². The zero-order valence-electron chi connectivity index (χ0n) is 25.1. The van der Waals surface area contributed by atoms with Gasteiger partial charge in [0.25, 0.3) is 0 Å². The molecule has 0 bridgehead atoms. The fraction of sp³-hybridized carbons (Fsp3) is 1.00. The molecule has 0 radical (unpaired) electrons. The summed E-state index contributed by atoms with van der Waals surface area (Å²) in [7, 11) is 6.04. The van der Waals surface area contributed by atoms with Gasteiger partial charge in [-0.1, -0.05) is 24.2 Å². The molecule has 0 aliphatic rings. The molecule has 0 saturated carbocycles. The third-order valence-corrected chi connectivity index (χ3v) is 25.7. The maximum absolute atomic E-state index is 5.78. The van der Waals surface area contributed by atoms with Crippen LogP contribution in [0.4, 0.5) is 0 Å². The molecule has 17 heteroatoms. The van der Waals surface area contributed by atoms with Crippen LogP contribution in [0.2, 0.25) is 48.4 Å². The summed E-state index contributed by atoms with van der Waals surface area (Å²) < 4.78 is 69.3. The van der Waals surface area contributed by atoms with Gasteiger partial charge in [0, 0.05) is 109 Å². The predicted molar refractivity (Wildman–Crippen MR) is 151 cm³/mol. The Morgan fingerprint density at radius 2 is 0.378 bits per heavy atom. The van der Waals surface area contributed by atoms with Gasteiger partial charge in [0.1, 0.15) is 0 Å². The quantitative estimate of drug-likeness (QED) is 0.147. The normalized spacial score (nSPS) is 13.9. The lowest BCUT2D eigenvalue weighted by Gasteiger charge is -2.39. The van der Waals surface area contributed by atoms with Crippen LogP contribution in [0.3, 0.4) is 0 Å². The Balaban J connectivity index is 6.51. The van der Waals surface area contributed by atoms with Crippen molar-refractivity contribution in [1.29, 1.82) is 0 Å². The SMILES string of the molecule is CO[Si](CC[Si](CC[Si](OC)(OC)OC)(CC[Si](OC)(OC)OC)CC[Si](OC)(OC)OC)(OC)OC. The van der Waals surface area contributed by atoms with E-state index in [4.69, 9.17) is 53.1 Å². The predicted octanol–water partition coefficient (Wildman–Crippen LogP) is 2.95. The Bertz CT molecular complexity index is 455. The summed E-state index contributed by atoms with van der Waals surface area (Å²) in [5.41, 5.74) is 0. The van der Waals surface area contributed by atoms with Crippen LogP contribution in [-0.2, 0) is 53.1 Å². The summed E-state index contributed by atoms with van der Waals surface area (Å²) in [5.74, 6) is 0. The highest BCUT2D eigenvalue weighted by atomic mass is 28.4. The van der Waals surface area contributed by atoms with Crippen LogP contribution < -0.4 is 0 Å². The van der Waals surface area contributed by atoms with Crippen LogP contribution in [0.1, 0.15) is 0 Å². The van der Waals surface area contributed by atoms with Crippen molar-refractivity contribution in [2.24, 2.45) is 0 Å². The van der Waals surface area contributed by atoms with E-state index < -0.39 is 43.3 Å². The number of hydrogen-bond acceptors (Lipinski definition) is 12. The molecule has 0 spiro atoms. The lowest BCUT2D eigenvalue weighted by atomic mass is 10.9. The summed E-state index contributed by atoms with van der Waals surface area (Å²) in [4.78, 5) is 0. The maximum Gasteiger partial charge on any atom is 0.499 e. The first-order valence-electron chi connectivity index (χ1n) is 12.2. The first-order valence-corrected chi connectivity index (χ1v) is 22.7. The van der Waals surface area contributed by atoms with Crippen LogP contribution in [0.15, 0.2) is 0 Å². The highest BCUT2D eigenvalue weighted by Gasteiger charge is 2.50. The summed E-state index contributed by atoms with van der Waals surface area (Å²) >= 11 is 0. The van der Waals surface area contributed by atoms with E-state index in [9.17, 15) is 0 Å². The van der Waals surface area contributed by atoms with E-state index in [1.165, 1.54) is 0 Å². The number of hydrogen-bond donors (Lipinski definition) is 0. The molecule has 0 aromatic heterocycles. The molecule has 0 rings (SSSR count). The minimum absolute atomic E-state index is 0.660. The second kappa shape index (κ2) is 18.1. The Morgan fingerprint density at radius 1 is 0.243 bits per heavy atom. The molecule has 0 aromatic rings. The molecular formula is C20H52O12Si5. The van der Waals surface area contributed by atoms with Gasteiger partial charge < -0.3 is 53.1 Å². The van der Waals surface area contributed by atoms with E-state index in [1.807, 2.05) is 0 Å². The summed E-state index contributed by atoms with van der Waals surface area (Å²) in [6.07, 6.45) is 0. The molecule has 0 aliphatic carbocycles. The zero-order chi connectivity index (χ0) is 28.6. The van der Waals surface area contributed by atoms with Crippen LogP contribution in [-0.4, -0.2) is 129 Å². The first kappa shape index (κ1) is 37.6. The van der Waals surface area contributed by atoms with Gasteiger partial charge in [0.2, 0.25) is 0 Å². The Kier molecular flexibility index (Phi) is 18.4. The molecule has 0 N–H and O–H groups in total. The van der Waals surface area contributed by atoms with Crippen molar-refractivity contribution in [3.05, 3.63) is 0 Å². The molecule has 0 aromatic carbocycles. The minimum atomic E-state index is -2.84. The van der Waals surface area contributed by atoms with Crippen molar-refractivity contribution in [3.63, 3.8) is 0 Å². The van der Waals surface area contributed by atoms with Gasteiger partial charge in [-0.2, -0.15) is 0 Å². The van der Waals surface area contributed by atoms with Crippen molar-refractivity contribution in [2.75, 3.05) is 85.3 Å². The smallest absolute Gasteiger partial charge is 0.377 e. The standard InChI is InChI=1S/C20H52O12Si5/c1-21-34(22-2,23-3)17-13-33(14-18-35(24-4,25-5)26-6,15-19-36(27-7,28-8)29-9)16-20-37(30-10,31-11)32-12/h13-20H2,1-12H3. The van der Waals surface area contributed by atoms with Gasteiger partial charge >= 0.3 is 35.2 Å². The highest BCUT2D eigenvalue weighted by Crippen LogP contribution is 2.40. The summed E-state index contributed by atoms with van der Waals surface area (Å²) in [5, 5.41) is 0. The third kappa shape index (κ3) is 10.5. The molecule has 0 saturated heterocycles. The van der Waals surface area contributed by atoms with Crippen LogP contribution in [0.25, 0.3) is 0 Å². The largest absolute Gasteiger partial charge is 0.499 e. The van der Waals surface area contributed by atoms with Crippen molar-refractivity contribution >= 4 is 43.3 Å². The van der Waals surface area contributed by atoms with E-state index in [0.29, 0.717) is 24.2 Å². The Labute approximate surface area is 229 Å². The monoisotopic (exact) mass is 624 g/mol. The topological polar surface area (TPSA) is 111 Å². The third-order valence-electron chi connectivity index (χ3n) is 7.58. The molecule has 0 atom stereocenters. The van der Waals surface area contributed by atoms with Gasteiger partial charge in [-0.25, -0.2) is 0 Å². The van der Waals surface area contributed by atoms with Crippen molar-refractivity contribution in [1.82, 2.24) is 0 Å². The van der Waals surface area contributed by atoms with Crippen LogP contribution in [0, 0.1) is 0 Å². The highest BCUT2D eigenvalue weighted by molar-refractivity contribution is 6.84. The van der Waals surface area contributed by atoms with E-state index in [-0.39, 0.29) is 0 Å². The maximum atomic E-state index is 5.78. The van der Waals surface area contributed by atoms with Gasteiger partial charge in [-0.15, -0.1) is 0 Å². The molecular weight excluding hydrogens is 573 g/mol. The molecule has 0 aliphatic heterocycles. The van der Waals surface area contributed by atoms with E-state index in [1.54, 1.807) is 85.3 Å². The molecule has 12 nitrogen and oxygen atoms in total. The molecule has 0 unspecified atom stereocenters. The zero-order valence-corrected chi connectivity index (χ0v) is 30.1. The van der Waals surface area contributed by atoms with Gasteiger partial charge in [-0.05, 0) is 0 Å². The Morgan fingerprint density at radius 3 is 0.486 bits per heavy atom. The molecule has 37 heavy (non-hydrogen) atoms. The molecule has 0 fully saturated rings. The van der Waals surface area contributed by atoms with Crippen LogP contribution in [0.5, 0.6) is 0 Å². The first-order chi connectivity index (χ1) is 17.6. The fourth-order valence-corrected chi connectivity index (χ4v) is 24.0. The fourth-order valence-electron chi connectivity index (χ4n) is 4.65. The van der Waals surface area contributed by atoms with Gasteiger partial charge in [-0.3, -0.25) is 0 Å². The van der Waals surface area contributed by atoms with Gasteiger partial charge in [0.15, 0.2) is 0 Å². The van der Waals surface area contributed by atoms with Crippen LogP contribution >= 0.6 is 0 Å². The minimum Gasteiger partial charge on any atom is -0.377 e. The average Bonchev–Trinajstić information content (AvgIpc) is 2.97. The summed E-state index contributed by atoms with van der Waals surface area (Å²) in [6.45, 7) is 0. The summed E-state index contributed by atoms with van der Waals surface area (Å²) in [6, 6.07) is 6.08. The lowest BCUT2D eigenvalue weighted by Crippen LogP contribution is -2.51. The second-order valence-corrected chi connectivity index (χ2v) is 26.0. The second-order valence-electron chi connectivity index (χ2n) is 8.68.